The molecule has 0 saturated heterocycles. The fourth-order valence-electron chi connectivity index (χ4n) is 3.50. The predicted molar refractivity (Wildman–Crippen MR) is 101 cm³/mol. The molecule has 5 heteroatoms. The highest BCUT2D eigenvalue weighted by Gasteiger charge is 2.31. The van der Waals surface area contributed by atoms with Crippen molar-refractivity contribution >= 4 is 17.4 Å². The van der Waals surface area contributed by atoms with Crippen molar-refractivity contribution in [3.63, 3.8) is 0 Å². The van der Waals surface area contributed by atoms with Crippen molar-refractivity contribution in [3.8, 4) is 6.07 Å². The Labute approximate surface area is 156 Å². The minimum Gasteiger partial charge on any atom is -0.341 e. The van der Waals surface area contributed by atoms with Crippen LogP contribution in [-0.2, 0) is 11.3 Å². The molecule has 1 aliphatic rings. The maximum atomic E-state index is 12.7. The van der Waals surface area contributed by atoms with Gasteiger partial charge in [0, 0.05) is 23.5 Å². The largest absolute Gasteiger partial charge is 0.341 e. The second-order valence-electron chi connectivity index (χ2n) is 6.51. The van der Waals surface area contributed by atoms with Gasteiger partial charge in [-0.3, -0.25) is 9.59 Å². The monoisotopic (exact) mass is 355 g/mol. The number of hydrogen-bond acceptors (Lipinski definition) is 3. The van der Waals surface area contributed by atoms with Crippen LogP contribution in [0.2, 0.25) is 0 Å². The van der Waals surface area contributed by atoms with Gasteiger partial charge in [-0.2, -0.15) is 5.26 Å². The lowest BCUT2D eigenvalue weighted by Crippen LogP contribution is -2.19. The second kappa shape index (κ2) is 6.93. The van der Waals surface area contributed by atoms with Crippen molar-refractivity contribution < 1.29 is 9.59 Å². The number of fused-ring (bicyclic) bond motifs is 1. The number of carbonyl (C=O) groups excluding carboxylic acids is 2. The molecule has 0 spiro atoms. The number of nitrogens with zero attached hydrogens (tertiary/aromatic N) is 2. The van der Waals surface area contributed by atoms with Gasteiger partial charge in [0.05, 0.1) is 23.2 Å². The first-order valence-electron chi connectivity index (χ1n) is 8.77. The number of rotatable bonds is 4. The first-order valence-corrected chi connectivity index (χ1v) is 8.77. The van der Waals surface area contributed by atoms with Crippen molar-refractivity contribution in [2.24, 2.45) is 0 Å². The zero-order chi connectivity index (χ0) is 18.8. The average Bonchev–Trinajstić information content (AvgIpc) is 3.31. The summed E-state index contributed by atoms with van der Waals surface area (Å²) in [4.78, 5) is 25.5. The van der Waals surface area contributed by atoms with Crippen molar-refractivity contribution in [3.05, 3.63) is 89.2 Å². The summed E-state index contributed by atoms with van der Waals surface area (Å²) in [5, 5.41) is 11.8. The third kappa shape index (κ3) is 3.13. The van der Waals surface area contributed by atoms with E-state index in [1.54, 1.807) is 42.5 Å². The van der Waals surface area contributed by atoms with Crippen LogP contribution in [0.5, 0.6) is 0 Å². The number of carbonyl (C=O) groups is 2. The maximum absolute atomic E-state index is 12.7. The summed E-state index contributed by atoms with van der Waals surface area (Å²) in [6.45, 7) is 0.641. The number of aromatic nitrogens is 1. The molecule has 1 atom stereocenters. The van der Waals surface area contributed by atoms with Crippen molar-refractivity contribution in [1.29, 1.82) is 5.26 Å². The first kappa shape index (κ1) is 16.8. The number of anilines is 1. The maximum Gasteiger partial charge on any atom is 0.233 e. The summed E-state index contributed by atoms with van der Waals surface area (Å²) in [6.07, 6.45) is 0.660. The van der Waals surface area contributed by atoms with Gasteiger partial charge < -0.3 is 9.88 Å². The number of amides is 1. The smallest absolute Gasteiger partial charge is 0.233 e. The molecule has 2 heterocycles. The SMILES string of the molecule is N#Cc1ccc(NC(=O)C2CCn3c(C(=O)c4ccccc4)ccc32)cc1. The molecule has 132 valence electrons. The number of nitrogens with one attached hydrogen (secondary N) is 1. The number of benzene rings is 2. The Bertz CT molecular complexity index is 1040. The molecule has 3 aromatic rings. The van der Waals surface area contributed by atoms with Crippen molar-refractivity contribution in [2.45, 2.75) is 18.9 Å². The average molecular weight is 355 g/mol. The molecule has 0 radical (unpaired) electrons. The molecule has 1 amide bonds. The summed E-state index contributed by atoms with van der Waals surface area (Å²) < 4.78 is 1.94. The molecule has 4 rings (SSSR count). The van der Waals surface area contributed by atoms with E-state index in [1.807, 2.05) is 28.8 Å². The van der Waals surface area contributed by atoms with Crippen LogP contribution in [-0.4, -0.2) is 16.3 Å². The Morgan fingerprint density at radius 3 is 2.44 bits per heavy atom. The Morgan fingerprint density at radius 2 is 1.74 bits per heavy atom. The van der Waals surface area contributed by atoms with Gasteiger partial charge in [0.1, 0.15) is 0 Å². The van der Waals surface area contributed by atoms with Crippen LogP contribution >= 0.6 is 0 Å². The molecule has 1 aliphatic heterocycles. The lowest BCUT2D eigenvalue weighted by atomic mass is 10.0. The van der Waals surface area contributed by atoms with Crippen molar-refractivity contribution in [2.75, 3.05) is 5.32 Å². The molecular weight excluding hydrogens is 338 g/mol. The first-order chi connectivity index (χ1) is 13.2. The van der Waals surface area contributed by atoms with Crippen LogP contribution in [0.3, 0.4) is 0 Å². The number of hydrogen-bond donors (Lipinski definition) is 1. The number of ketones is 1. The van der Waals surface area contributed by atoms with E-state index in [0.717, 1.165) is 5.69 Å². The Hall–Kier alpha value is -3.65. The van der Waals surface area contributed by atoms with Crippen LogP contribution < -0.4 is 5.32 Å². The van der Waals surface area contributed by atoms with Gasteiger partial charge in [0.15, 0.2) is 0 Å². The molecule has 1 unspecified atom stereocenters. The summed E-state index contributed by atoms with van der Waals surface area (Å²) in [6, 6.07) is 21.7. The third-order valence-electron chi connectivity index (χ3n) is 4.88. The van der Waals surface area contributed by atoms with E-state index in [2.05, 4.69) is 11.4 Å². The highest BCUT2D eigenvalue weighted by molar-refractivity contribution is 6.08. The summed E-state index contributed by atoms with van der Waals surface area (Å²) in [7, 11) is 0. The van der Waals surface area contributed by atoms with Gasteiger partial charge in [0.25, 0.3) is 0 Å². The van der Waals surface area contributed by atoms with E-state index in [-0.39, 0.29) is 17.6 Å². The predicted octanol–water partition coefficient (Wildman–Crippen LogP) is 3.72. The van der Waals surface area contributed by atoms with Gasteiger partial charge in [-0.05, 0) is 42.8 Å². The minimum atomic E-state index is -0.294. The zero-order valence-corrected chi connectivity index (χ0v) is 14.6. The number of nitriles is 1. The second-order valence-corrected chi connectivity index (χ2v) is 6.51. The molecule has 0 bridgehead atoms. The summed E-state index contributed by atoms with van der Waals surface area (Å²) in [5.41, 5.74) is 3.32. The van der Waals surface area contributed by atoms with Gasteiger partial charge >= 0.3 is 0 Å². The molecule has 1 N–H and O–H groups in total. The molecule has 0 saturated carbocycles. The Morgan fingerprint density at radius 1 is 1.00 bits per heavy atom. The van der Waals surface area contributed by atoms with Gasteiger partial charge in [-0.15, -0.1) is 0 Å². The van der Waals surface area contributed by atoms with Gasteiger partial charge in [-0.1, -0.05) is 30.3 Å². The fraction of sp³-hybridized carbons (Fsp3) is 0.136. The molecule has 0 aliphatic carbocycles. The van der Waals surface area contributed by atoms with E-state index < -0.39 is 0 Å². The molecule has 5 nitrogen and oxygen atoms in total. The van der Waals surface area contributed by atoms with Crippen LogP contribution in [0.15, 0.2) is 66.7 Å². The topological polar surface area (TPSA) is 74.9 Å². The highest BCUT2D eigenvalue weighted by atomic mass is 16.2. The molecule has 2 aromatic carbocycles. The lowest BCUT2D eigenvalue weighted by molar-refractivity contribution is -0.117. The highest BCUT2D eigenvalue weighted by Crippen LogP contribution is 2.32. The lowest BCUT2D eigenvalue weighted by Gasteiger charge is -2.11. The molecular formula is C22H17N3O2. The third-order valence-corrected chi connectivity index (χ3v) is 4.88. The fourth-order valence-corrected chi connectivity index (χ4v) is 3.50. The van der Waals surface area contributed by atoms with Crippen molar-refractivity contribution in [1.82, 2.24) is 4.57 Å². The van der Waals surface area contributed by atoms with Gasteiger partial charge in [-0.25, -0.2) is 0 Å². The minimum absolute atomic E-state index is 0.0324. The normalized spacial score (nSPS) is 15.0. The van der Waals surface area contributed by atoms with Crippen LogP contribution in [0, 0.1) is 11.3 Å². The molecule has 0 fully saturated rings. The van der Waals surface area contributed by atoms with E-state index >= 15 is 0 Å². The van der Waals surface area contributed by atoms with E-state index in [1.165, 1.54) is 0 Å². The van der Waals surface area contributed by atoms with Crippen LogP contribution in [0.4, 0.5) is 5.69 Å². The summed E-state index contributed by atoms with van der Waals surface area (Å²) >= 11 is 0. The quantitative estimate of drug-likeness (QED) is 0.725. The van der Waals surface area contributed by atoms with E-state index in [9.17, 15) is 9.59 Å². The Balaban J connectivity index is 1.54. The van der Waals surface area contributed by atoms with Crippen LogP contribution in [0.1, 0.15) is 39.6 Å². The zero-order valence-electron chi connectivity index (χ0n) is 14.6. The molecule has 27 heavy (non-hydrogen) atoms. The standard InChI is InChI=1S/C22H17N3O2/c23-14-15-6-8-17(9-7-15)24-22(27)18-12-13-25-19(18)10-11-20(25)21(26)16-4-2-1-3-5-16/h1-11,18H,12-13H2,(H,24,27). The van der Waals surface area contributed by atoms with Gasteiger partial charge in [0.2, 0.25) is 11.7 Å². The summed E-state index contributed by atoms with van der Waals surface area (Å²) in [5.74, 6) is -0.428. The Kier molecular flexibility index (Phi) is 4.31. The van der Waals surface area contributed by atoms with Crippen LogP contribution in [0.25, 0.3) is 0 Å². The molecule has 1 aromatic heterocycles. The van der Waals surface area contributed by atoms with E-state index in [4.69, 9.17) is 5.26 Å². The van der Waals surface area contributed by atoms with E-state index in [0.29, 0.717) is 35.5 Å².